The maximum atomic E-state index is 13.7. The zero-order valence-electron chi connectivity index (χ0n) is 11.0. The van der Waals surface area contributed by atoms with E-state index in [1.165, 1.54) is 6.07 Å². The molecular weight excluding hydrogens is 263 g/mol. The number of halogens is 1. The van der Waals surface area contributed by atoms with Crippen molar-refractivity contribution in [1.82, 2.24) is 0 Å². The summed E-state index contributed by atoms with van der Waals surface area (Å²) < 4.78 is 13.7. The van der Waals surface area contributed by atoms with E-state index in [4.69, 9.17) is 18.0 Å². The number of carbonyl (C=O) groups is 1. The molecule has 0 spiro atoms. The lowest BCUT2D eigenvalue weighted by molar-refractivity contribution is -0.127. The van der Waals surface area contributed by atoms with Crippen LogP contribution in [-0.2, 0) is 4.79 Å². The standard InChI is InChI=1S/C14H17FN2OS/c1-8-3-4-11(10(15)5-8)17-13(18)14(12(16)19)6-9(2)7-14/h3-5,9H,6-7H2,1-2H3,(H2,16,19)(H,17,18). The molecule has 0 aromatic heterocycles. The van der Waals surface area contributed by atoms with Crippen molar-refractivity contribution in [3.63, 3.8) is 0 Å². The van der Waals surface area contributed by atoms with Crippen molar-refractivity contribution < 1.29 is 9.18 Å². The quantitative estimate of drug-likeness (QED) is 0.837. The summed E-state index contributed by atoms with van der Waals surface area (Å²) in [5.74, 6) is -0.338. The Morgan fingerprint density at radius 1 is 1.53 bits per heavy atom. The minimum Gasteiger partial charge on any atom is -0.392 e. The van der Waals surface area contributed by atoms with Gasteiger partial charge in [0.15, 0.2) is 0 Å². The predicted octanol–water partition coefficient (Wildman–Crippen LogP) is 2.78. The van der Waals surface area contributed by atoms with E-state index in [2.05, 4.69) is 5.32 Å². The molecule has 19 heavy (non-hydrogen) atoms. The van der Waals surface area contributed by atoms with Gasteiger partial charge >= 0.3 is 0 Å². The predicted molar refractivity (Wildman–Crippen MR) is 77.4 cm³/mol. The Morgan fingerprint density at radius 2 is 2.16 bits per heavy atom. The molecule has 1 fully saturated rings. The summed E-state index contributed by atoms with van der Waals surface area (Å²) in [6.45, 7) is 3.83. The summed E-state index contributed by atoms with van der Waals surface area (Å²) in [7, 11) is 0. The fraction of sp³-hybridized carbons (Fsp3) is 0.429. The molecule has 0 bridgehead atoms. The third kappa shape index (κ3) is 2.47. The van der Waals surface area contributed by atoms with Crippen molar-refractivity contribution in [3.8, 4) is 0 Å². The molecule has 1 aliphatic carbocycles. The fourth-order valence-corrected chi connectivity index (χ4v) is 2.85. The first-order valence-electron chi connectivity index (χ1n) is 6.22. The molecule has 3 N–H and O–H groups in total. The van der Waals surface area contributed by atoms with Gasteiger partial charge in [0.1, 0.15) is 5.82 Å². The fourth-order valence-electron chi connectivity index (χ4n) is 2.59. The SMILES string of the molecule is Cc1ccc(NC(=O)C2(C(N)=S)CC(C)C2)c(F)c1. The molecule has 5 heteroatoms. The van der Waals surface area contributed by atoms with Gasteiger partial charge in [0.25, 0.3) is 0 Å². The largest absolute Gasteiger partial charge is 0.392 e. The van der Waals surface area contributed by atoms with Gasteiger partial charge in [-0.2, -0.15) is 0 Å². The average molecular weight is 280 g/mol. The summed E-state index contributed by atoms with van der Waals surface area (Å²) in [6, 6.07) is 4.68. The molecule has 2 rings (SSSR count). The molecule has 1 amide bonds. The van der Waals surface area contributed by atoms with Crippen LogP contribution in [-0.4, -0.2) is 10.9 Å². The summed E-state index contributed by atoms with van der Waals surface area (Å²) in [4.78, 5) is 12.5. The first-order valence-corrected chi connectivity index (χ1v) is 6.63. The van der Waals surface area contributed by atoms with Gasteiger partial charge in [0.2, 0.25) is 5.91 Å². The van der Waals surface area contributed by atoms with Crippen molar-refractivity contribution in [2.24, 2.45) is 17.1 Å². The summed E-state index contributed by atoms with van der Waals surface area (Å²) >= 11 is 5.00. The molecule has 3 nitrogen and oxygen atoms in total. The Morgan fingerprint density at radius 3 is 2.63 bits per heavy atom. The highest BCUT2D eigenvalue weighted by Crippen LogP contribution is 2.46. The van der Waals surface area contributed by atoms with Crippen molar-refractivity contribution in [2.75, 3.05) is 5.32 Å². The topological polar surface area (TPSA) is 55.1 Å². The number of hydrogen-bond acceptors (Lipinski definition) is 2. The zero-order valence-corrected chi connectivity index (χ0v) is 11.8. The van der Waals surface area contributed by atoms with Crippen molar-refractivity contribution in [3.05, 3.63) is 29.6 Å². The lowest BCUT2D eigenvalue weighted by Crippen LogP contribution is -2.53. The van der Waals surface area contributed by atoms with Crippen molar-refractivity contribution >= 4 is 28.8 Å². The van der Waals surface area contributed by atoms with Crippen LogP contribution in [0.2, 0.25) is 0 Å². The smallest absolute Gasteiger partial charge is 0.237 e. The van der Waals surface area contributed by atoms with Gasteiger partial charge in [-0.1, -0.05) is 25.2 Å². The number of nitrogens with one attached hydrogen (secondary N) is 1. The molecule has 102 valence electrons. The number of thiocarbonyl (C=S) groups is 1. The zero-order chi connectivity index (χ0) is 14.2. The van der Waals surface area contributed by atoms with Gasteiger partial charge < -0.3 is 11.1 Å². The Hall–Kier alpha value is -1.49. The van der Waals surface area contributed by atoms with Crippen LogP contribution in [0.4, 0.5) is 10.1 Å². The Balaban J connectivity index is 2.19. The van der Waals surface area contributed by atoms with Gasteiger partial charge in [-0.3, -0.25) is 4.79 Å². The van der Waals surface area contributed by atoms with E-state index in [-0.39, 0.29) is 16.6 Å². The molecule has 0 radical (unpaired) electrons. The second-order valence-electron chi connectivity index (χ2n) is 5.40. The molecule has 0 atom stereocenters. The number of amides is 1. The Bertz CT molecular complexity index is 538. The number of carbonyl (C=O) groups excluding carboxylic acids is 1. The highest BCUT2D eigenvalue weighted by molar-refractivity contribution is 7.80. The van der Waals surface area contributed by atoms with Gasteiger partial charge in [-0.25, -0.2) is 4.39 Å². The summed E-state index contributed by atoms with van der Waals surface area (Å²) in [5, 5.41) is 2.60. The Kier molecular flexibility index (Phi) is 3.58. The highest BCUT2D eigenvalue weighted by Gasteiger charge is 2.50. The van der Waals surface area contributed by atoms with Gasteiger partial charge in [-0.15, -0.1) is 0 Å². The van der Waals surface area contributed by atoms with E-state index in [1.54, 1.807) is 19.1 Å². The van der Waals surface area contributed by atoms with E-state index in [0.717, 1.165) is 5.56 Å². The van der Waals surface area contributed by atoms with Crippen LogP contribution in [0.5, 0.6) is 0 Å². The lowest BCUT2D eigenvalue weighted by Gasteiger charge is -2.44. The molecule has 0 heterocycles. The van der Waals surface area contributed by atoms with E-state index in [1.807, 2.05) is 6.92 Å². The maximum Gasteiger partial charge on any atom is 0.237 e. The van der Waals surface area contributed by atoms with Gasteiger partial charge in [0, 0.05) is 0 Å². The highest BCUT2D eigenvalue weighted by atomic mass is 32.1. The lowest BCUT2D eigenvalue weighted by atomic mass is 9.62. The third-order valence-corrected chi connectivity index (χ3v) is 4.06. The average Bonchev–Trinajstić information content (AvgIpc) is 2.27. The van der Waals surface area contributed by atoms with Crippen LogP contribution in [0, 0.1) is 24.1 Å². The first kappa shape index (κ1) is 13.9. The van der Waals surface area contributed by atoms with Crippen LogP contribution >= 0.6 is 12.2 Å². The number of rotatable bonds is 3. The van der Waals surface area contributed by atoms with E-state index in [0.29, 0.717) is 18.8 Å². The molecule has 1 saturated carbocycles. The van der Waals surface area contributed by atoms with Crippen LogP contribution in [0.3, 0.4) is 0 Å². The molecule has 1 aromatic carbocycles. The van der Waals surface area contributed by atoms with Crippen LogP contribution in [0.25, 0.3) is 0 Å². The van der Waals surface area contributed by atoms with Crippen molar-refractivity contribution in [2.45, 2.75) is 26.7 Å². The first-order chi connectivity index (χ1) is 8.85. The van der Waals surface area contributed by atoms with Crippen LogP contribution < -0.4 is 11.1 Å². The molecular formula is C14H17FN2OS. The van der Waals surface area contributed by atoms with E-state index >= 15 is 0 Å². The summed E-state index contributed by atoms with van der Waals surface area (Å²) in [5.41, 5.74) is 5.85. The minimum atomic E-state index is -0.813. The van der Waals surface area contributed by atoms with E-state index in [9.17, 15) is 9.18 Å². The van der Waals surface area contributed by atoms with E-state index < -0.39 is 11.2 Å². The van der Waals surface area contributed by atoms with Gasteiger partial charge in [0.05, 0.1) is 16.1 Å². The second kappa shape index (κ2) is 4.89. The Labute approximate surface area is 117 Å². The van der Waals surface area contributed by atoms with Crippen molar-refractivity contribution in [1.29, 1.82) is 0 Å². The molecule has 0 aliphatic heterocycles. The molecule has 1 aromatic rings. The van der Waals surface area contributed by atoms with Gasteiger partial charge in [-0.05, 0) is 43.4 Å². The maximum absolute atomic E-state index is 13.7. The normalized spacial score (nSPS) is 25.5. The number of aryl methyl sites for hydroxylation is 1. The monoisotopic (exact) mass is 280 g/mol. The number of benzene rings is 1. The summed E-state index contributed by atoms with van der Waals surface area (Å²) in [6.07, 6.45) is 1.25. The van der Waals surface area contributed by atoms with Crippen LogP contribution in [0.1, 0.15) is 25.3 Å². The number of hydrogen-bond donors (Lipinski definition) is 2. The third-order valence-electron chi connectivity index (χ3n) is 3.67. The second-order valence-corrected chi connectivity index (χ2v) is 5.84. The number of anilines is 1. The minimum absolute atomic E-state index is 0.172. The molecule has 0 saturated heterocycles. The number of nitrogens with two attached hydrogens (primary N) is 1. The van der Waals surface area contributed by atoms with Crippen LogP contribution in [0.15, 0.2) is 18.2 Å². The molecule has 1 aliphatic rings. The molecule has 0 unspecified atom stereocenters.